The van der Waals surface area contributed by atoms with Crippen molar-refractivity contribution in [2.45, 2.75) is 96.4 Å². The van der Waals surface area contributed by atoms with Crippen molar-refractivity contribution < 1.29 is 24.6 Å². The van der Waals surface area contributed by atoms with Gasteiger partial charge in [0.2, 0.25) is 5.91 Å². The fraction of sp³-hybridized carbons (Fsp3) is 0.833. The molecule has 0 aromatic carbocycles. The molecule has 0 rings (SSSR count). The van der Waals surface area contributed by atoms with Gasteiger partial charge in [-0.3, -0.25) is 9.59 Å². The molecule has 0 bridgehead atoms. The molecule has 0 aromatic rings. The predicted molar refractivity (Wildman–Crippen MR) is 107 cm³/mol. The topological polar surface area (TPSA) is 104 Å². The van der Waals surface area contributed by atoms with Crippen LogP contribution in [0.3, 0.4) is 0 Å². The third kappa shape index (κ3) is 20.7. The number of amides is 1. The first-order chi connectivity index (χ1) is 11.5. The van der Waals surface area contributed by atoms with Gasteiger partial charge in [0.25, 0.3) is 0 Å². The Bertz CT molecular complexity index is 381. The van der Waals surface area contributed by atoms with Crippen LogP contribution in [0.15, 0.2) is 0 Å². The van der Waals surface area contributed by atoms with Crippen molar-refractivity contribution in [2.24, 2.45) is 0 Å². The van der Waals surface area contributed by atoms with Crippen LogP contribution in [0.2, 0.25) is 0 Å². The van der Waals surface area contributed by atoms with E-state index in [0.717, 1.165) is 12.8 Å². The van der Waals surface area contributed by atoms with Crippen LogP contribution >= 0.6 is 0 Å². The van der Waals surface area contributed by atoms with Crippen LogP contribution in [0.25, 0.3) is 0 Å². The molecule has 0 saturated heterocycles. The molecule has 3 N–H and O–H groups in total. The Hall–Kier alpha value is 0.410. The Balaban J connectivity index is -0.00000264. The van der Waals surface area contributed by atoms with Crippen molar-refractivity contribution in [2.75, 3.05) is 0 Å². The number of hydrogen-bond donors (Lipinski definition) is 3. The van der Waals surface area contributed by atoms with Crippen molar-refractivity contribution in [1.82, 2.24) is 5.32 Å². The van der Waals surface area contributed by atoms with E-state index < -0.39 is 24.4 Å². The predicted octanol–water partition coefficient (Wildman–Crippen LogP) is 2.43. The van der Waals surface area contributed by atoms with Gasteiger partial charge in [0.15, 0.2) is 0 Å². The summed E-state index contributed by atoms with van der Waals surface area (Å²) in [6, 6.07) is -1.34. The zero-order valence-corrected chi connectivity index (χ0v) is 14.9. The molecule has 0 spiro atoms. The minimum absolute atomic E-state index is 0. The number of nitrogens with one attached hydrogen (secondary N) is 1. The van der Waals surface area contributed by atoms with Gasteiger partial charge in [-0.1, -0.05) is 71.1 Å². The maximum atomic E-state index is 11.6. The van der Waals surface area contributed by atoms with E-state index in [2.05, 4.69) is 12.2 Å². The van der Waals surface area contributed by atoms with Crippen LogP contribution in [-0.2, 0) is 14.4 Å². The third-order valence-corrected chi connectivity index (χ3v) is 4.02. The summed E-state index contributed by atoms with van der Waals surface area (Å²) in [6.07, 6.45) is 12.7. The van der Waals surface area contributed by atoms with Gasteiger partial charge in [0.05, 0.1) is 6.42 Å². The van der Waals surface area contributed by atoms with E-state index >= 15 is 0 Å². The molecule has 1 amide bonds. The molecule has 0 saturated carbocycles. The van der Waals surface area contributed by atoms with Gasteiger partial charge in [-0.25, -0.2) is 4.79 Å². The average Bonchev–Trinajstić information content (AvgIpc) is 2.51. The fourth-order valence-electron chi connectivity index (χ4n) is 2.59. The van der Waals surface area contributed by atoms with E-state index in [0.29, 0.717) is 6.42 Å². The Morgan fingerprint density at radius 1 is 0.769 bits per heavy atom. The van der Waals surface area contributed by atoms with Crippen molar-refractivity contribution >= 4 is 77.0 Å². The minimum atomic E-state index is -1.34. The first-order valence-corrected chi connectivity index (χ1v) is 9.21. The zero-order valence-electron chi connectivity index (χ0n) is 14.9. The molecular weight excluding hydrogens is 356 g/mol. The summed E-state index contributed by atoms with van der Waals surface area (Å²) < 4.78 is 0. The van der Waals surface area contributed by atoms with E-state index in [9.17, 15) is 14.4 Å². The summed E-state index contributed by atoms with van der Waals surface area (Å²) in [7, 11) is 0. The molecule has 0 aliphatic heterocycles. The second kappa shape index (κ2) is 21.7. The summed E-state index contributed by atoms with van der Waals surface area (Å²) in [5, 5.41) is 19.7. The average molecular weight is 391 g/mol. The number of aliphatic carboxylic acids is 2. The third-order valence-electron chi connectivity index (χ3n) is 4.02. The Labute approximate surface area is 201 Å². The molecule has 1 atom stereocenters. The second-order valence-corrected chi connectivity index (χ2v) is 6.34. The number of carboxylic acids is 2. The van der Waals surface area contributed by atoms with Gasteiger partial charge in [-0.05, 0) is 6.42 Å². The summed E-state index contributed by atoms with van der Waals surface area (Å²) in [5.74, 6) is -2.94. The molecule has 0 aliphatic carbocycles. The Kier molecular flexibility index (Phi) is 26.0. The molecule has 8 heteroatoms. The van der Waals surface area contributed by atoms with Crippen LogP contribution < -0.4 is 5.32 Å². The molecule has 0 heterocycles. The zero-order chi connectivity index (χ0) is 18.2. The quantitative estimate of drug-likeness (QED) is 0.277. The summed E-state index contributed by atoms with van der Waals surface area (Å²) in [5.41, 5.74) is 0. The number of carbonyl (C=O) groups is 3. The van der Waals surface area contributed by atoms with Crippen LogP contribution in [0.4, 0.5) is 0 Å². The fourth-order valence-corrected chi connectivity index (χ4v) is 2.59. The number of rotatable bonds is 16. The number of carbonyl (C=O) groups excluding carboxylic acids is 1. The van der Waals surface area contributed by atoms with Crippen molar-refractivity contribution in [3.63, 3.8) is 0 Å². The van der Waals surface area contributed by atoms with Crippen LogP contribution in [-0.4, -0.2) is 93.2 Å². The number of unbranched alkanes of at least 4 members (excludes halogenated alkanes) is 10. The van der Waals surface area contributed by atoms with Crippen molar-refractivity contribution in [1.29, 1.82) is 0 Å². The van der Waals surface area contributed by atoms with E-state index in [1.54, 1.807) is 0 Å². The molecule has 0 fully saturated rings. The first kappa shape index (κ1) is 31.1. The van der Waals surface area contributed by atoms with Crippen molar-refractivity contribution in [3.05, 3.63) is 0 Å². The molecule has 0 aromatic heterocycles. The van der Waals surface area contributed by atoms with E-state index in [-0.39, 0.29) is 71.4 Å². The maximum absolute atomic E-state index is 11.6. The van der Waals surface area contributed by atoms with Gasteiger partial charge >= 0.3 is 71.1 Å². The normalized spacial score (nSPS) is 11.0. The molecule has 144 valence electrons. The molecule has 0 aliphatic rings. The van der Waals surface area contributed by atoms with E-state index in [4.69, 9.17) is 10.2 Å². The first-order valence-electron chi connectivity index (χ1n) is 9.21. The number of carboxylic acid groups (broad SMARTS) is 2. The Morgan fingerprint density at radius 2 is 1.19 bits per heavy atom. The standard InChI is InChI=1S/C18H33NO5.2Na.2H/c1-2-3-4-5-6-7-8-9-10-11-12-13-16(20)19-15(18(23)24)14-17(21)22;;;;/h15H,2-14H2,1H3,(H,19,20)(H,21,22)(H,23,24);;;;. The molecule has 0 radical (unpaired) electrons. The summed E-state index contributed by atoms with van der Waals surface area (Å²) in [6.45, 7) is 2.22. The summed E-state index contributed by atoms with van der Waals surface area (Å²) in [4.78, 5) is 33.0. The molecular formula is C18H35NNa2O5. The van der Waals surface area contributed by atoms with Crippen LogP contribution in [0, 0.1) is 0 Å². The van der Waals surface area contributed by atoms with Gasteiger partial charge < -0.3 is 15.5 Å². The van der Waals surface area contributed by atoms with Crippen LogP contribution in [0.1, 0.15) is 90.4 Å². The number of hydrogen-bond acceptors (Lipinski definition) is 3. The van der Waals surface area contributed by atoms with Gasteiger partial charge in [-0.15, -0.1) is 0 Å². The van der Waals surface area contributed by atoms with E-state index in [1.165, 1.54) is 51.4 Å². The van der Waals surface area contributed by atoms with Gasteiger partial charge in [0.1, 0.15) is 6.04 Å². The molecule has 26 heavy (non-hydrogen) atoms. The van der Waals surface area contributed by atoms with Gasteiger partial charge in [-0.2, -0.15) is 0 Å². The summed E-state index contributed by atoms with van der Waals surface area (Å²) >= 11 is 0. The molecule has 1 unspecified atom stereocenters. The molecule has 6 nitrogen and oxygen atoms in total. The Morgan fingerprint density at radius 3 is 1.58 bits per heavy atom. The van der Waals surface area contributed by atoms with Crippen LogP contribution in [0.5, 0.6) is 0 Å². The monoisotopic (exact) mass is 391 g/mol. The second-order valence-electron chi connectivity index (χ2n) is 6.34. The van der Waals surface area contributed by atoms with E-state index in [1.807, 2.05) is 0 Å². The van der Waals surface area contributed by atoms with Gasteiger partial charge in [0, 0.05) is 6.42 Å². The SMILES string of the molecule is CCCCCCCCCCCCCC(=O)NC(CC(=O)O)C(=O)O.[NaH].[NaH]. The van der Waals surface area contributed by atoms with Crippen molar-refractivity contribution in [3.8, 4) is 0 Å².